The molecule has 1 aliphatic carbocycles. The van der Waals surface area contributed by atoms with Gasteiger partial charge in [0.05, 0.1) is 0 Å². The molecule has 2 N–H and O–H groups in total. The number of hydrogen-bond acceptors (Lipinski definition) is 1. The summed E-state index contributed by atoms with van der Waals surface area (Å²) in [7, 11) is 0. The van der Waals surface area contributed by atoms with Crippen molar-refractivity contribution >= 4 is 0 Å². The Bertz CT molecular complexity index is 402. The van der Waals surface area contributed by atoms with E-state index in [4.69, 9.17) is 5.73 Å². The number of rotatable bonds is 3. The normalized spacial score (nSPS) is 28.3. The van der Waals surface area contributed by atoms with Crippen LogP contribution in [0.5, 0.6) is 0 Å². The highest BCUT2D eigenvalue weighted by molar-refractivity contribution is 5.28. The van der Waals surface area contributed by atoms with Crippen LogP contribution in [-0.4, -0.2) is 6.04 Å². The maximum atomic E-state index is 13.3. The summed E-state index contributed by atoms with van der Waals surface area (Å²) in [6, 6.07) is 5.72. The van der Waals surface area contributed by atoms with E-state index in [0.717, 1.165) is 17.9 Å². The zero-order valence-electron chi connectivity index (χ0n) is 11.5. The fourth-order valence-corrected chi connectivity index (χ4v) is 3.23. The van der Waals surface area contributed by atoms with Crippen molar-refractivity contribution in [2.75, 3.05) is 0 Å². The van der Waals surface area contributed by atoms with E-state index in [2.05, 4.69) is 6.92 Å². The predicted octanol–water partition coefficient (Wildman–Crippen LogP) is 4.15. The monoisotopic (exact) mass is 249 g/mol. The smallest absolute Gasteiger partial charge is 0.126 e. The lowest BCUT2D eigenvalue weighted by Gasteiger charge is -2.34. The molecule has 0 spiro atoms. The van der Waals surface area contributed by atoms with Crippen LogP contribution in [0.4, 0.5) is 4.39 Å². The first-order chi connectivity index (χ1) is 8.61. The Labute approximate surface area is 110 Å². The third-order valence-corrected chi connectivity index (χ3v) is 4.32. The van der Waals surface area contributed by atoms with Crippen LogP contribution in [0.3, 0.4) is 0 Å². The van der Waals surface area contributed by atoms with Gasteiger partial charge in [-0.15, -0.1) is 0 Å². The third kappa shape index (κ3) is 2.92. The van der Waals surface area contributed by atoms with E-state index in [0.29, 0.717) is 5.92 Å². The second-order valence-corrected chi connectivity index (χ2v) is 5.75. The Morgan fingerprint density at radius 2 is 2.11 bits per heavy atom. The first-order valence-electron chi connectivity index (χ1n) is 7.13. The van der Waals surface area contributed by atoms with Crippen molar-refractivity contribution in [3.63, 3.8) is 0 Å². The minimum atomic E-state index is -0.117. The number of aryl methyl sites for hydroxylation is 1. The van der Waals surface area contributed by atoms with E-state index >= 15 is 0 Å². The number of halogens is 1. The maximum Gasteiger partial charge on any atom is 0.126 e. The predicted molar refractivity (Wildman–Crippen MR) is 74.1 cm³/mol. The zero-order valence-corrected chi connectivity index (χ0v) is 11.5. The van der Waals surface area contributed by atoms with Crippen molar-refractivity contribution in [3.8, 4) is 0 Å². The molecule has 1 aromatic rings. The van der Waals surface area contributed by atoms with Gasteiger partial charge in [0.1, 0.15) is 5.82 Å². The first-order valence-corrected chi connectivity index (χ1v) is 7.13. The molecule has 0 aliphatic heterocycles. The van der Waals surface area contributed by atoms with Gasteiger partial charge in [-0.25, -0.2) is 4.39 Å². The molecule has 2 rings (SSSR count). The van der Waals surface area contributed by atoms with Crippen molar-refractivity contribution < 1.29 is 4.39 Å². The summed E-state index contributed by atoms with van der Waals surface area (Å²) < 4.78 is 13.3. The molecule has 0 amide bonds. The molecule has 2 heteroatoms. The van der Waals surface area contributed by atoms with Crippen molar-refractivity contribution in [2.24, 2.45) is 11.7 Å². The van der Waals surface area contributed by atoms with Gasteiger partial charge in [-0.2, -0.15) is 0 Å². The van der Waals surface area contributed by atoms with Crippen LogP contribution in [0.25, 0.3) is 0 Å². The highest BCUT2D eigenvalue weighted by Gasteiger charge is 2.28. The van der Waals surface area contributed by atoms with Crippen LogP contribution in [-0.2, 0) is 0 Å². The van der Waals surface area contributed by atoms with Gasteiger partial charge in [0.25, 0.3) is 0 Å². The van der Waals surface area contributed by atoms with E-state index in [9.17, 15) is 4.39 Å². The molecule has 3 unspecified atom stereocenters. The molecule has 1 fully saturated rings. The molecule has 0 bridgehead atoms. The fraction of sp³-hybridized carbons (Fsp3) is 0.625. The number of hydrogen-bond donors (Lipinski definition) is 1. The van der Waals surface area contributed by atoms with Gasteiger partial charge in [0.15, 0.2) is 0 Å². The summed E-state index contributed by atoms with van der Waals surface area (Å²) in [5, 5.41) is 0. The molecule has 100 valence electrons. The second kappa shape index (κ2) is 5.83. The van der Waals surface area contributed by atoms with Crippen molar-refractivity contribution in [3.05, 3.63) is 35.1 Å². The highest BCUT2D eigenvalue weighted by Crippen LogP contribution is 2.37. The second-order valence-electron chi connectivity index (χ2n) is 5.75. The molecule has 0 aromatic heterocycles. The van der Waals surface area contributed by atoms with Crippen molar-refractivity contribution in [2.45, 2.75) is 57.9 Å². The van der Waals surface area contributed by atoms with E-state index in [1.54, 1.807) is 6.07 Å². The van der Waals surface area contributed by atoms with E-state index < -0.39 is 0 Å². The number of benzene rings is 1. The van der Waals surface area contributed by atoms with Crippen LogP contribution in [0.2, 0.25) is 0 Å². The molecule has 3 atom stereocenters. The van der Waals surface area contributed by atoms with Gasteiger partial charge in [0.2, 0.25) is 0 Å². The molecule has 0 heterocycles. The topological polar surface area (TPSA) is 26.0 Å². The van der Waals surface area contributed by atoms with Crippen molar-refractivity contribution in [1.82, 2.24) is 0 Å². The zero-order chi connectivity index (χ0) is 13.1. The van der Waals surface area contributed by atoms with Crippen LogP contribution in [0.15, 0.2) is 18.2 Å². The Balaban J connectivity index is 2.16. The molecular formula is C16H24FN. The molecule has 1 aliphatic rings. The summed E-state index contributed by atoms with van der Waals surface area (Å²) in [5.74, 6) is 1.09. The standard InChI is InChI=1S/C16H24FN/c1-3-4-12-5-8-16(18)14(10-12)13-6-7-15(17)11(2)9-13/h6-7,9,12,14,16H,3-5,8,10,18H2,1-2H3. The van der Waals surface area contributed by atoms with Gasteiger partial charge >= 0.3 is 0 Å². The van der Waals surface area contributed by atoms with Gasteiger partial charge in [-0.1, -0.05) is 31.9 Å². The third-order valence-electron chi connectivity index (χ3n) is 4.32. The van der Waals surface area contributed by atoms with Crippen molar-refractivity contribution in [1.29, 1.82) is 0 Å². The largest absolute Gasteiger partial charge is 0.327 e. The summed E-state index contributed by atoms with van der Waals surface area (Å²) >= 11 is 0. The minimum Gasteiger partial charge on any atom is -0.327 e. The maximum absolute atomic E-state index is 13.3. The molecule has 1 saturated carbocycles. The van der Waals surface area contributed by atoms with Crippen LogP contribution in [0, 0.1) is 18.7 Å². The molecule has 0 radical (unpaired) electrons. The first kappa shape index (κ1) is 13.5. The lowest BCUT2D eigenvalue weighted by atomic mass is 9.73. The number of nitrogens with two attached hydrogens (primary N) is 1. The quantitative estimate of drug-likeness (QED) is 0.855. The van der Waals surface area contributed by atoms with E-state index in [-0.39, 0.29) is 11.9 Å². The summed E-state index contributed by atoms with van der Waals surface area (Å²) in [6.45, 7) is 4.07. The molecule has 1 aromatic carbocycles. The lowest BCUT2D eigenvalue weighted by Crippen LogP contribution is -2.34. The van der Waals surface area contributed by atoms with Crippen LogP contribution < -0.4 is 5.73 Å². The minimum absolute atomic E-state index is 0.117. The lowest BCUT2D eigenvalue weighted by molar-refractivity contribution is 0.274. The average Bonchev–Trinajstić information content (AvgIpc) is 2.35. The summed E-state index contributed by atoms with van der Waals surface area (Å²) in [4.78, 5) is 0. The fourth-order valence-electron chi connectivity index (χ4n) is 3.23. The van der Waals surface area contributed by atoms with Crippen LogP contribution >= 0.6 is 0 Å². The van der Waals surface area contributed by atoms with Gasteiger partial charge in [0, 0.05) is 6.04 Å². The highest BCUT2D eigenvalue weighted by atomic mass is 19.1. The van der Waals surface area contributed by atoms with Gasteiger partial charge in [-0.05, 0) is 55.2 Å². The molecule has 18 heavy (non-hydrogen) atoms. The van der Waals surface area contributed by atoms with Gasteiger partial charge in [-0.3, -0.25) is 0 Å². The Kier molecular flexibility index (Phi) is 4.39. The molecule has 0 saturated heterocycles. The Morgan fingerprint density at radius 1 is 1.33 bits per heavy atom. The average molecular weight is 249 g/mol. The summed E-state index contributed by atoms with van der Waals surface area (Å²) in [5.41, 5.74) is 8.22. The van der Waals surface area contributed by atoms with Gasteiger partial charge < -0.3 is 5.73 Å². The molecular weight excluding hydrogens is 225 g/mol. The van der Waals surface area contributed by atoms with Crippen LogP contribution in [0.1, 0.15) is 56.1 Å². The SMILES string of the molecule is CCCC1CCC(N)C(c2ccc(F)c(C)c2)C1. The van der Waals surface area contributed by atoms with E-state index in [1.165, 1.54) is 31.2 Å². The Hall–Kier alpha value is -0.890. The molecule has 1 nitrogen and oxygen atoms in total. The Morgan fingerprint density at radius 3 is 2.78 bits per heavy atom. The van der Waals surface area contributed by atoms with E-state index in [1.807, 2.05) is 19.1 Å². The summed E-state index contributed by atoms with van der Waals surface area (Å²) in [6.07, 6.45) is 6.07.